The van der Waals surface area contributed by atoms with E-state index in [2.05, 4.69) is 45.0 Å². The lowest BCUT2D eigenvalue weighted by Crippen LogP contribution is -2.52. The second-order valence-corrected chi connectivity index (χ2v) is 8.44. The molecule has 5 nitrogen and oxygen atoms in total. The van der Waals surface area contributed by atoms with Crippen molar-refractivity contribution in [2.75, 3.05) is 46.4 Å². The third-order valence-electron chi connectivity index (χ3n) is 6.53. The Balaban J connectivity index is 1.22. The molecule has 2 saturated heterocycles. The van der Waals surface area contributed by atoms with E-state index in [0.29, 0.717) is 6.04 Å². The highest BCUT2D eigenvalue weighted by atomic mass is 16.5. The molecule has 2 aliphatic heterocycles. The van der Waals surface area contributed by atoms with Gasteiger partial charge < -0.3 is 4.74 Å². The lowest BCUT2D eigenvalue weighted by atomic mass is 10.0. The van der Waals surface area contributed by atoms with Gasteiger partial charge in [-0.3, -0.25) is 14.7 Å². The first-order chi connectivity index (χ1) is 14.7. The van der Waals surface area contributed by atoms with Crippen LogP contribution in [0.25, 0.3) is 0 Å². The summed E-state index contributed by atoms with van der Waals surface area (Å²) >= 11 is 0. The molecule has 30 heavy (non-hydrogen) atoms. The van der Waals surface area contributed by atoms with Crippen molar-refractivity contribution in [2.24, 2.45) is 0 Å². The van der Waals surface area contributed by atoms with Gasteiger partial charge in [-0.15, -0.1) is 0 Å². The SMILES string of the molecule is COc1ccccc1CN1CCN(C2CCN(Cc3cccc(C#N)c3)CC2)CC1. The average molecular weight is 405 g/mol. The predicted molar refractivity (Wildman–Crippen MR) is 119 cm³/mol. The Kier molecular flexibility index (Phi) is 7.01. The van der Waals surface area contributed by atoms with E-state index in [4.69, 9.17) is 10.00 Å². The van der Waals surface area contributed by atoms with Gasteiger partial charge >= 0.3 is 0 Å². The molecule has 0 unspecified atom stereocenters. The summed E-state index contributed by atoms with van der Waals surface area (Å²) in [5.74, 6) is 0.993. The highest BCUT2D eigenvalue weighted by Gasteiger charge is 2.27. The fraction of sp³-hybridized carbons (Fsp3) is 0.480. The topological polar surface area (TPSA) is 42.7 Å². The minimum atomic E-state index is 0.708. The van der Waals surface area contributed by atoms with Gasteiger partial charge in [0.25, 0.3) is 0 Å². The Morgan fingerprint density at radius 3 is 2.37 bits per heavy atom. The van der Waals surface area contributed by atoms with Gasteiger partial charge in [-0.05, 0) is 49.7 Å². The molecule has 0 spiro atoms. The summed E-state index contributed by atoms with van der Waals surface area (Å²) in [6, 6.07) is 19.3. The Labute approximate surface area is 180 Å². The number of likely N-dealkylation sites (tertiary alicyclic amines) is 1. The van der Waals surface area contributed by atoms with Gasteiger partial charge in [0.2, 0.25) is 0 Å². The molecule has 0 N–H and O–H groups in total. The van der Waals surface area contributed by atoms with E-state index >= 15 is 0 Å². The zero-order chi connectivity index (χ0) is 20.8. The first kappa shape index (κ1) is 20.9. The number of hydrogen-bond acceptors (Lipinski definition) is 5. The summed E-state index contributed by atoms with van der Waals surface area (Å²) < 4.78 is 5.51. The number of hydrogen-bond donors (Lipinski definition) is 0. The maximum Gasteiger partial charge on any atom is 0.123 e. The molecule has 158 valence electrons. The van der Waals surface area contributed by atoms with Gasteiger partial charge in [0, 0.05) is 50.9 Å². The third-order valence-corrected chi connectivity index (χ3v) is 6.53. The second kappa shape index (κ2) is 10.1. The van der Waals surface area contributed by atoms with E-state index in [-0.39, 0.29) is 0 Å². The first-order valence-corrected chi connectivity index (χ1v) is 11.0. The van der Waals surface area contributed by atoms with E-state index in [9.17, 15) is 0 Å². The van der Waals surface area contributed by atoms with Crippen molar-refractivity contribution in [3.8, 4) is 11.8 Å². The van der Waals surface area contributed by atoms with Gasteiger partial charge in [0.15, 0.2) is 0 Å². The number of piperidine rings is 1. The van der Waals surface area contributed by atoms with Crippen LogP contribution in [0.4, 0.5) is 0 Å². The number of nitriles is 1. The van der Waals surface area contributed by atoms with Gasteiger partial charge in [0.1, 0.15) is 5.75 Å². The molecule has 2 heterocycles. The van der Waals surface area contributed by atoms with E-state index in [1.807, 2.05) is 24.3 Å². The molecule has 0 amide bonds. The monoisotopic (exact) mass is 404 g/mol. The fourth-order valence-electron chi connectivity index (χ4n) is 4.80. The van der Waals surface area contributed by atoms with Crippen molar-refractivity contribution >= 4 is 0 Å². The van der Waals surface area contributed by atoms with Crippen LogP contribution < -0.4 is 4.74 Å². The minimum Gasteiger partial charge on any atom is -0.496 e. The number of nitrogens with zero attached hydrogens (tertiary/aromatic N) is 4. The summed E-state index contributed by atoms with van der Waals surface area (Å²) in [7, 11) is 1.75. The maximum atomic E-state index is 9.10. The van der Waals surface area contributed by atoms with E-state index in [1.54, 1.807) is 7.11 Å². The molecule has 2 fully saturated rings. The zero-order valence-corrected chi connectivity index (χ0v) is 18.0. The Bertz CT molecular complexity index is 861. The minimum absolute atomic E-state index is 0.708. The molecule has 2 aromatic rings. The van der Waals surface area contributed by atoms with Crippen LogP contribution in [0.3, 0.4) is 0 Å². The number of methoxy groups -OCH3 is 1. The Morgan fingerprint density at radius 2 is 1.63 bits per heavy atom. The van der Waals surface area contributed by atoms with E-state index in [1.165, 1.54) is 24.0 Å². The summed E-state index contributed by atoms with van der Waals surface area (Å²) in [6.07, 6.45) is 2.48. The number of ether oxygens (including phenoxy) is 1. The molecule has 0 radical (unpaired) electrons. The summed E-state index contributed by atoms with van der Waals surface area (Å²) in [4.78, 5) is 7.78. The van der Waals surface area contributed by atoms with Gasteiger partial charge in [-0.1, -0.05) is 30.3 Å². The molecule has 0 aromatic heterocycles. The van der Waals surface area contributed by atoms with E-state index < -0.39 is 0 Å². The van der Waals surface area contributed by atoms with Crippen molar-refractivity contribution in [3.05, 3.63) is 65.2 Å². The first-order valence-electron chi connectivity index (χ1n) is 11.0. The summed E-state index contributed by atoms with van der Waals surface area (Å²) in [5, 5.41) is 9.10. The van der Waals surface area contributed by atoms with Crippen molar-refractivity contribution in [1.29, 1.82) is 5.26 Å². The maximum absolute atomic E-state index is 9.10. The van der Waals surface area contributed by atoms with Crippen LogP contribution in [0.1, 0.15) is 29.5 Å². The molecular formula is C25H32N4O. The van der Waals surface area contributed by atoms with Crippen molar-refractivity contribution < 1.29 is 4.74 Å². The number of rotatable bonds is 6. The molecular weight excluding hydrogens is 372 g/mol. The quantitative estimate of drug-likeness (QED) is 0.739. The molecule has 4 rings (SSSR count). The fourth-order valence-corrected chi connectivity index (χ4v) is 4.80. The highest BCUT2D eigenvalue weighted by molar-refractivity contribution is 5.33. The zero-order valence-electron chi connectivity index (χ0n) is 18.0. The number of para-hydroxylation sites is 1. The van der Waals surface area contributed by atoms with Crippen LogP contribution in [0.5, 0.6) is 5.75 Å². The summed E-state index contributed by atoms with van der Waals surface area (Å²) in [6.45, 7) is 8.77. The van der Waals surface area contributed by atoms with Crippen LogP contribution in [-0.2, 0) is 13.1 Å². The smallest absolute Gasteiger partial charge is 0.123 e. The van der Waals surface area contributed by atoms with Crippen LogP contribution in [0, 0.1) is 11.3 Å². The molecule has 0 saturated carbocycles. The van der Waals surface area contributed by atoms with Crippen molar-refractivity contribution in [2.45, 2.75) is 32.0 Å². The molecule has 0 atom stereocenters. The largest absolute Gasteiger partial charge is 0.496 e. The van der Waals surface area contributed by atoms with Crippen LogP contribution in [0.2, 0.25) is 0 Å². The normalized spacial score (nSPS) is 19.5. The average Bonchev–Trinajstić information content (AvgIpc) is 2.81. The van der Waals surface area contributed by atoms with Crippen LogP contribution >= 0.6 is 0 Å². The molecule has 0 bridgehead atoms. The molecule has 2 aliphatic rings. The third kappa shape index (κ3) is 5.20. The number of piperazine rings is 1. The van der Waals surface area contributed by atoms with Gasteiger partial charge in [-0.25, -0.2) is 0 Å². The molecule has 0 aliphatic carbocycles. The lowest BCUT2D eigenvalue weighted by molar-refractivity contribution is 0.0547. The highest BCUT2D eigenvalue weighted by Crippen LogP contribution is 2.23. The summed E-state index contributed by atoms with van der Waals surface area (Å²) in [5.41, 5.74) is 3.29. The van der Waals surface area contributed by atoms with Crippen molar-refractivity contribution in [3.63, 3.8) is 0 Å². The Hall–Kier alpha value is -2.39. The van der Waals surface area contributed by atoms with Gasteiger partial charge in [0.05, 0.1) is 18.7 Å². The Morgan fingerprint density at radius 1 is 0.900 bits per heavy atom. The van der Waals surface area contributed by atoms with E-state index in [0.717, 1.165) is 63.7 Å². The van der Waals surface area contributed by atoms with Crippen molar-refractivity contribution in [1.82, 2.24) is 14.7 Å². The molecule has 5 heteroatoms. The standard InChI is InChI=1S/C25H32N4O/c1-30-25-8-3-2-7-23(25)20-28-13-15-29(16-14-28)24-9-11-27(12-10-24)19-22-6-4-5-21(17-22)18-26/h2-8,17,24H,9-16,19-20H2,1H3. The predicted octanol–water partition coefficient (Wildman–Crippen LogP) is 3.35. The molecule has 2 aromatic carbocycles. The number of benzene rings is 2. The van der Waals surface area contributed by atoms with Crippen LogP contribution in [0.15, 0.2) is 48.5 Å². The van der Waals surface area contributed by atoms with Gasteiger partial charge in [-0.2, -0.15) is 5.26 Å². The second-order valence-electron chi connectivity index (χ2n) is 8.44. The lowest BCUT2D eigenvalue weighted by Gasteiger charge is -2.43. The van der Waals surface area contributed by atoms with Crippen LogP contribution in [-0.4, -0.2) is 67.1 Å².